The lowest BCUT2D eigenvalue weighted by molar-refractivity contribution is -0.106. The van der Waals surface area contributed by atoms with Gasteiger partial charge in [0.1, 0.15) is 18.5 Å². The van der Waals surface area contributed by atoms with Gasteiger partial charge >= 0.3 is 6.03 Å². The summed E-state index contributed by atoms with van der Waals surface area (Å²) in [7, 11) is 0. The molecule has 2 saturated heterocycles. The maximum Gasteiger partial charge on any atom is 0.320 e. The normalized spacial score (nSPS) is 28.4. The van der Waals surface area contributed by atoms with Gasteiger partial charge in [0.25, 0.3) is 0 Å². The minimum atomic E-state index is 0.254. The van der Waals surface area contributed by atoms with E-state index in [0.29, 0.717) is 34.7 Å². The third-order valence-electron chi connectivity index (χ3n) is 9.05. The standard InChI is InChI=1S/C23H30N8O/c32-21(28-9-22(10-28)5-17(6-22)30-14-25-19(27-30)15-1-2-15)29-11-23(12-29)7-18(8-23)31-20(16-3-4-16)24-13-26-31/h13-18H,1-12H2. The van der Waals surface area contributed by atoms with Crippen LogP contribution in [0.4, 0.5) is 4.79 Å². The Kier molecular flexibility index (Phi) is 3.33. The van der Waals surface area contributed by atoms with Crippen molar-refractivity contribution in [1.29, 1.82) is 0 Å². The Morgan fingerprint density at radius 3 is 2.09 bits per heavy atom. The Labute approximate surface area is 187 Å². The topological polar surface area (TPSA) is 85.0 Å². The van der Waals surface area contributed by atoms with Crippen LogP contribution in [0.2, 0.25) is 0 Å². The largest absolute Gasteiger partial charge is 0.323 e. The Hall–Kier alpha value is -2.45. The van der Waals surface area contributed by atoms with E-state index in [9.17, 15) is 4.79 Å². The number of urea groups is 1. The molecule has 9 nitrogen and oxygen atoms in total. The highest BCUT2D eigenvalue weighted by Gasteiger charge is 2.59. The Morgan fingerprint density at radius 2 is 1.47 bits per heavy atom. The summed E-state index contributed by atoms with van der Waals surface area (Å²) in [6, 6.07) is 1.22. The molecule has 0 bridgehead atoms. The van der Waals surface area contributed by atoms with Crippen LogP contribution in [0.15, 0.2) is 12.7 Å². The molecular formula is C23H30N8O. The van der Waals surface area contributed by atoms with E-state index in [1.807, 2.05) is 6.33 Å². The molecule has 4 heterocycles. The van der Waals surface area contributed by atoms with Gasteiger partial charge in [-0.2, -0.15) is 10.2 Å². The van der Waals surface area contributed by atoms with Crippen molar-refractivity contribution in [2.75, 3.05) is 26.2 Å². The number of carbonyl (C=O) groups is 1. The molecule has 9 heteroatoms. The fourth-order valence-corrected chi connectivity index (χ4v) is 6.92. The quantitative estimate of drug-likeness (QED) is 0.739. The van der Waals surface area contributed by atoms with Crippen LogP contribution in [-0.2, 0) is 0 Å². The van der Waals surface area contributed by atoms with Crippen molar-refractivity contribution in [3.63, 3.8) is 0 Å². The van der Waals surface area contributed by atoms with E-state index in [-0.39, 0.29) is 6.03 Å². The number of aromatic nitrogens is 6. The summed E-state index contributed by atoms with van der Waals surface area (Å²) in [4.78, 5) is 26.1. The molecule has 0 atom stereocenters. The summed E-state index contributed by atoms with van der Waals surface area (Å²) >= 11 is 0. The molecule has 2 aromatic rings. The SMILES string of the molecule is O=C(N1CC2(CC(n3cnc(C4CC4)n3)C2)C1)N1CC2(CC(n3ncnc3C3CC3)C2)C1. The molecular weight excluding hydrogens is 404 g/mol. The van der Waals surface area contributed by atoms with E-state index in [1.54, 1.807) is 6.33 Å². The van der Waals surface area contributed by atoms with Gasteiger partial charge in [0, 0.05) is 48.8 Å². The van der Waals surface area contributed by atoms with Crippen LogP contribution in [0.1, 0.15) is 86.9 Å². The highest BCUT2D eigenvalue weighted by molar-refractivity contribution is 5.77. The molecule has 0 N–H and O–H groups in total. The summed E-state index contributed by atoms with van der Waals surface area (Å²) in [6.45, 7) is 3.68. The van der Waals surface area contributed by atoms with Crippen molar-refractivity contribution in [1.82, 2.24) is 39.3 Å². The maximum absolute atomic E-state index is 13.0. The predicted octanol–water partition coefficient (Wildman–Crippen LogP) is 2.72. The summed E-state index contributed by atoms with van der Waals surface area (Å²) in [5.74, 6) is 3.48. The van der Waals surface area contributed by atoms with E-state index in [4.69, 9.17) is 5.10 Å². The van der Waals surface area contributed by atoms with Crippen molar-refractivity contribution >= 4 is 6.03 Å². The van der Waals surface area contributed by atoms with E-state index in [0.717, 1.165) is 57.7 Å². The molecule has 2 amide bonds. The number of carbonyl (C=O) groups excluding carboxylic acids is 1. The first-order valence-corrected chi connectivity index (χ1v) is 12.4. The molecule has 168 valence electrons. The second kappa shape index (κ2) is 5.91. The van der Waals surface area contributed by atoms with Gasteiger partial charge in [-0.3, -0.25) is 0 Å². The zero-order valence-corrected chi connectivity index (χ0v) is 18.4. The molecule has 4 aliphatic carbocycles. The monoisotopic (exact) mass is 434 g/mol. The van der Waals surface area contributed by atoms with Gasteiger partial charge in [-0.25, -0.2) is 24.1 Å². The smallest absolute Gasteiger partial charge is 0.320 e. The van der Waals surface area contributed by atoms with Gasteiger partial charge in [-0.1, -0.05) is 0 Å². The average molecular weight is 435 g/mol. The van der Waals surface area contributed by atoms with Crippen molar-refractivity contribution in [2.45, 2.75) is 75.3 Å². The van der Waals surface area contributed by atoms with Crippen LogP contribution < -0.4 is 0 Å². The molecule has 0 aromatic carbocycles. The number of rotatable bonds is 4. The number of nitrogens with zero attached hydrogens (tertiary/aromatic N) is 8. The molecule has 2 aromatic heterocycles. The second-order valence-corrected chi connectivity index (χ2v) is 11.8. The third-order valence-corrected chi connectivity index (χ3v) is 9.05. The molecule has 2 spiro atoms. The number of hydrogen-bond acceptors (Lipinski definition) is 5. The fourth-order valence-electron chi connectivity index (χ4n) is 6.92. The van der Waals surface area contributed by atoms with Crippen LogP contribution in [0.5, 0.6) is 0 Å². The Bertz CT molecular complexity index is 1070. The van der Waals surface area contributed by atoms with E-state index >= 15 is 0 Å². The lowest BCUT2D eigenvalue weighted by atomic mass is 9.60. The predicted molar refractivity (Wildman–Crippen MR) is 114 cm³/mol. The number of amides is 2. The summed E-state index contributed by atoms with van der Waals surface area (Å²) in [5.41, 5.74) is 0.673. The van der Waals surface area contributed by atoms with Crippen LogP contribution >= 0.6 is 0 Å². The first-order valence-electron chi connectivity index (χ1n) is 12.4. The molecule has 4 saturated carbocycles. The average Bonchev–Trinajstić information content (AvgIpc) is 3.59. The molecule has 6 fully saturated rings. The number of hydrogen-bond donors (Lipinski definition) is 0. The Morgan fingerprint density at radius 1 is 0.844 bits per heavy atom. The van der Waals surface area contributed by atoms with Gasteiger partial charge < -0.3 is 9.80 Å². The summed E-state index contributed by atoms with van der Waals surface area (Å²) in [5, 5.41) is 9.21. The highest BCUT2D eigenvalue weighted by Crippen LogP contribution is 2.57. The van der Waals surface area contributed by atoms with Crippen LogP contribution in [0.25, 0.3) is 0 Å². The van der Waals surface area contributed by atoms with Gasteiger partial charge in [0.15, 0.2) is 5.82 Å². The van der Waals surface area contributed by atoms with Gasteiger partial charge in [0.05, 0.1) is 12.1 Å². The lowest BCUT2D eigenvalue weighted by Crippen LogP contribution is -2.71. The van der Waals surface area contributed by atoms with Crippen molar-refractivity contribution < 1.29 is 4.79 Å². The van der Waals surface area contributed by atoms with Gasteiger partial charge in [0.2, 0.25) is 0 Å². The zero-order valence-electron chi connectivity index (χ0n) is 18.4. The van der Waals surface area contributed by atoms with Crippen LogP contribution in [-0.4, -0.2) is 71.5 Å². The van der Waals surface area contributed by atoms with Crippen molar-refractivity contribution in [2.24, 2.45) is 10.8 Å². The van der Waals surface area contributed by atoms with Gasteiger partial charge in [-0.15, -0.1) is 0 Å². The molecule has 0 radical (unpaired) electrons. The molecule has 8 rings (SSSR count). The minimum Gasteiger partial charge on any atom is -0.323 e. The lowest BCUT2D eigenvalue weighted by Gasteiger charge is -2.63. The fraction of sp³-hybridized carbons (Fsp3) is 0.783. The molecule has 2 aliphatic heterocycles. The maximum atomic E-state index is 13.0. The zero-order chi connectivity index (χ0) is 21.1. The van der Waals surface area contributed by atoms with Gasteiger partial charge in [-0.05, 0) is 51.4 Å². The third kappa shape index (κ3) is 2.59. The van der Waals surface area contributed by atoms with Crippen LogP contribution in [0, 0.1) is 10.8 Å². The van der Waals surface area contributed by atoms with Crippen molar-refractivity contribution in [3.8, 4) is 0 Å². The molecule has 6 aliphatic rings. The van der Waals surface area contributed by atoms with Crippen molar-refractivity contribution in [3.05, 3.63) is 24.3 Å². The minimum absolute atomic E-state index is 0.254. The summed E-state index contributed by atoms with van der Waals surface area (Å²) in [6.07, 6.45) is 13.2. The highest BCUT2D eigenvalue weighted by atomic mass is 16.2. The van der Waals surface area contributed by atoms with E-state index in [1.165, 1.54) is 31.5 Å². The van der Waals surface area contributed by atoms with E-state index < -0.39 is 0 Å². The summed E-state index contributed by atoms with van der Waals surface area (Å²) < 4.78 is 4.27. The first kappa shape index (κ1) is 18.0. The van der Waals surface area contributed by atoms with E-state index in [2.05, 4.69) is 34.2 Å². The van der Waals surface area contributed by atoms with Crippen LogP contribution in [0.3, 0.4) is 0 Å². The molecule has 32 heavy (non-hydrogen) atoms. The first-order chi connectivity index (χ1) is 15.6. The molecule has 0 unspecified atom stereocenters. The Balaban J connectivity index is 0.819. The number of likely N-dealkylation sites (tertiary alicyclic amines) is 2. The second-order valence-electron chi connectivity index (χ2n) is 11.8.